The molecule has 0 spiro atoms. The van der Waals surface area contributed by atoms with Crippen LogP contribution >= 0.6 is 11.8 Å². The number of rotatable bonds is 7. The molecule has 0 aliphatic heterocycles. The largest absolute Gasteiger partial charge is 0.419 e. The van der Waals surface area contributed by atoms with Crippen molar-refractivity contribution >= 4 is 17.6 Å². The van der Waals surface area contributed by atoms with E-state index in [0.29, 0.717) is 6.54 Å². The van der Waals surface area contributed by atoms with Crippen molar-refractivity contribution in [3.05, 3.63) is 23.9 Å². The van der Waals surface area contributed by atoms with E-state index in [9.17, 15) is 13.2 Å². The monoisotopic (exact) mass is 278 g/mol. The number of hydrogen-bond donors (Lipinski definition) is 1. The SMILES string of the molecule is CSCCCCCNc1ncccc1C(F)(F)F. The molecule has 6 heteroatoms. The zero-order valence-electron chi connectivity index (χ0n) is 10.3. The van der Waals surface area contributed by atoms with Crippen LogP contribution in [0.4, 0.5) is 19.0 Å². The van der Waals surface area contributed by atoms with Gasteiger partial charge in [-0.15, -0.1) is 0 Å². The maximum Gasteiger partial charge on any atom is 0.419 e. The van der Waals surface area contributed by atoms with Gasteiger partial charge in [-0.2, -0.15) is 24.9 Å². The van der Waals surface area contributed by atoms with Crippen molar-refractivity contribution < 1.29 is 13.2 Å². The molecule has 0 aromatic carbocycles. The molecule has 0 fully saturated rings. The van der Waals surface area contributed by atoms with Gasteiger partial charge < -0.3 is 5.32 Å². The molecule has 0 radical (unpaired) electrons. The molecule has 1 rings (SSSR count). The molecule has 1 heterocycles. The van der Waals surface area contributed by atoms with Crippen molar-refractivity contribution in [3.63, 3.8) is 0 Å². The Morgan fingerprint density at radius 1 is 1.28 bits per heavy atom. The molecule has 0 aliphatic rings. The molecule has 0 aliphatic carbocycles. The molecule has 18 heavy (non-hydrogen) atoms. The molecular weight excluding hydrogens is 261 g/mol. The maximum absolute atomic E-state index is 12.6. The fourth-order valence-corrected chi connectivity index (χ4v) is 2.02. The molecule has 0 bridgehead atoms. The van der Waals surface area contributed by atoms with Gasteiger partial charge in [0.05, 0.1) is 5.56 Å². The van der Waals surface area contributed by atoms with E-state index in [1.54, 1.807) is 11.8 Å². The lowest BCUT2D eigenvalue weighted by Gasteiger charge is -2.12. The van der Waals surface area contributed by atoms with Crippen LogP contribution in [0.25, 0.3) is 0 Å². The first kappa shape index (κ1) is 15.1. The number of alkyl halides is 3. The van der Waals surface area contributed by atoms with Gasteiger partial charge in [-0.3, -0.25) is 0 Å². The molecule has 0 atom stereocenters. The molecule has 2 nitrogen and oxygen atoms in total. The van der Waals surface area contributed by atoms with E-state index in [-0.39, 0.29) is 5.82 Å². The Morgan fingerprint density at radius 3 is 2.72 bits per heavy atom. The normalized spacial score (nSPS) is 11.6. The third-order valence-electron chi connectivity index (χ3n) is 2.43. The highest BCUT2D eigenvalue weighted by Crippen LogP contribution is 2.33. The molecule has 0 saturated heterocycles. The summed E-state index contributed by atoms with van der Waals surface area (Å²) in [4.78, 5) is 3.74. The first-order valence-electron chi connectivity index (χ1n) is 5.80. The molecule has 102 valence electrons. The zero-order chi connectivity index (χ0) is 13.4. The minimum absolute atomic E-state index is 0.0742. The second-order valence-electron chi connectivity index (χ2n) is 3.88. The van der Waals surface area contributed by atoms with Gasteiger partial charge in [0.1, 0.15) is 5.82 Å². The number of unbranched alkanes of at least 4 members (excludes halogenated alkanes) is 2. The topological polar surface area (TPSA) is 24.9 Å². The summed E-state index contributed by atoms with van der Waals surface area (Å²) in [5.41, 5.74) is -0.700. The molecule has 1 aromatic rings. The van der Waals surface area contributed by atoms with Crippen LogP contribution in [-0.4, -0.2) is 23.5 Å². The smallest absolute Gasteiger partial charge is 0.370 e. The number of aromatic nitrogens is 1. The summed E-state index contributed by atoms with van der Waals surface area (Å²) in [5, 5.41) is 2.76. The number of pyridine rings is 1. The summed E-state index contributed by atoms with van der Waals surface area (Å²) in [5.74, 6) is 1.02. The number of nitrogens with zero attached hydrogens (tertiary/aromatic N) is 1. The standard InChI is InChI=1S/C12H17F3N2S/c1-18-9-4-2-3-7-16-11-10(12(13,14)15)6-5-8-17-11/h5-6,8H,2-4,7,9H2,1H3,(H,16,17). The van der Waals surface area contributed by atoms with Gasteiger partial charge >= 0.3 is 6.18 Å². The molecule has 0 amide bonds. The summed E-state index contributed by atoms with van der Waals surface area (Å²) in [7, 11) is 0. The molecule has 1 aromatic heterocycles. The van der Waals surface area contributed by atoms with Crippen LogP contribution in [0, 0.1) is 0 Å². The van der Waals surface area contributed by atoms with Crippen LogP contribution in [0.3, 0.4) is 0 Å². The Balaban J connectivity index is 2.43. The Hall–Kier alpha value is -0.910. The fraction of sp³-hybridized carbons (Fsp3) is 0.583. The van der Waals surface area contributed by atoms with Crippen LogP contribution in [0.2, 0.25) is 0 Å². The van der Waals surface area contributed by atoms with Crippen molar-refractivity contribution in [2.75, 3.05) is 23.9 Å². The highest BCUT2D eigenvalue weighted by Gasteiger charge is 2.33. The second-order valence-corrected chi connectivity index (χ2v) is 4.86. The summed E-state index contributed by atoms with van der Waals surface area (Å²) in [6, 6.07) is 2.34. The molecule has 0 unspecified atom stereocenters. The maximum atomic E-state index is 12.6. The van der Waals surface area contributed by atoms with Gasteiger partial charge in [0, 0.05) is 12.7 Å². The van der Waals surface area contributed by atoms with Crippen LogP contribution < -0.4 is 5.32 Å². The van der Waals surface area contributed by atoms with Crippen LogP contribution in [0.15, 0.2) is 18.3 Å². The van der Waals surface area contributed by atoms with E-state index in [2.05, 4.69) is 10.3 Å². The molecule has 1 N–H and O–H groups in total. The third-order valence-corrected chi connectivity index (χ3v) is 3.13. The minimum Gasteiger partial charge on any atom is -0.370 e. The Labute approximate surface area is 109 Å². The van der Waals surface area contributed by atoms with Gasteiger partial charge in [-0.1, -0.05) is 6.42 Å². The van der Waals surface area contributed by atoms with Crippen molar-refractivity contribution in [1.82, 2.24) is 4.98 Å². The quantitative estimate of drug-likeness (QED) is 0.762. The van der Waals surface area contributed by atoms with Crippen molar-refractivity contribution in [2.45, 2.75) is 25.4 Å². The Kier molecular flexibility index (Phi) is 6.32. The predicted octanol–water partition coefficient (Wildman–Crippen LogP) is 4.05. The number of thioether (sulfide) groups is 1. The highest BCUT2D eigenvalue weighted by molar-refractivity contribution is 7.98. The summed E-state index contributed by atoms with van der Waals surface area (Å²) in [6.45, 7) is 0.522. The number of hydrogen-bond acceptors (Lipinski definition) is 3. The Bertz CT molecular complexity index is 355. The van der Waals surface area contributed by atoms with E-state index >= 15 is 0 Å². The first-order chi connectivity index (χ1) is 8.55. The third kappa shape index (κ3) is 5.16. The fourth-order valence-electron chi connectivity index (χ4n) is 1.53. The summed E-state index contributed by atoms with van der Waals surface area (Å²) < 4.78 is 37.9. The second kappa shape index (κ2) is 7.51. The van der Waals surface area contributed by atoms with E-state index in [1.807, 2.05) is 6.26 Å². The number of halogens is 3. The lowest BCUT2D eigenvalue weighted by atomic mass is 10.2. The summed E-state index contributed by atoms with van der Waals surface area (Å²) in [6.07, 6.45) is 2.02. The lowest BCUT2D eigenvalue weighted by Crippen LogP contribution is -2.13. The van der Waals surface area contributed by atoms with E-state index in [0.717, 1.165) is 31.1 Å². The van der Waals surface area contributed by atoms with Gasteiger partial charge in [-0.25, -0.2) is 4.98 Å². The van der Waals surface area contributed by atoms with Crippen LogP contribution in [-0.2, 0) is 6.18 Å². The number of anilines is 1. The first-order valence-corrected chi connectivity index (χ1v) is 7.20. The van der Waals surface area contributed by atoms with Gasteiger partial charge in [0.25, 0.3) is 0 Å². The average molecular weight is 278 g/mol. The molecular formula is C12H17F3N2S. The number of nitrogens with one attached hydrogen (secondary N) is 1. The predicted molar refractivity (Wildman–Crippen MR) is 70.0 cm³/mol. The molecule has 0 saturated carbocycles. The Morgan fingerprint density at radius 2 is 2.06 bits per heavy atom. The van der Waals surface area contributed by atoms with Gasteiger partial charge in [0.2, 0.25) is 0 Å². The van der Waals surface area contributed by atoms with Crippen molar-refractivity contribution in [1.29, 1.82) is 0 Å². The average Bonchev–Trinajstić information content (AvgIpc) is 2.33. The van der Waals surface area contributed by atoms with E-state index in [1.165, 1.54) is 12.3 Å². The van der Waals surface area contributed by atoms with Gasteiger partial charge in [0.15, 0.2) is 0 Å². The minimum atomic E-state index is -4.35. The van der Waals surface area contributed by atoms with Crippen molar-refractivity contribution in [3.8, 4) is 0 Å². The highest BCUT2D eigenvalue weighted by atomic mass is 32.2. The van der Waals surface area contributed by atoms with Gasteiger partial charge in [-0.05, 0) is 37.0 Å². The lowest BCUT2D eigenvalue weighted by molar-refractivity contribution is -0.137. The summed E-state index contributed by atoms with van der Waals surface area (Å²) >= 11 is 1.78. The van der Waals surface area contributed by atoms with E-state index in [4.69, 9.17) is 0 Å². The van der Waals surface area contributed by atoms with Crippen molar-refractivity contribution in [2.24, 2.45) is 0 Å². The van der Waals surface area contributed by atoms with Crippen LogP contribution in [0.1, 0.15) is 24.8 Å². The van der Waals surface area contributed by atoms with E-state index < -0.39 is 11.7 Å². The van der Waals surface area contributed by atoms with Crippen LogP contribution in [0.5, 0.6) is 0 Å². The zero-order valence-corrected chi connectivity index (χ0v) is 11.1.